The molecule has 2 aliphatic heterocycles. The Balaban J connectivity index is 1.97. The first-order valence-corrected chi connectivity index (χ1v) is 10.2. The largest absolute Gasteiger partial charge is 0.496 e. The van der Waals surface area contributed by atoms with Gasteiger partial charge in [-0.15, -0.1) is 0 Å². The average molecular weight is 429 g/mol. The topological polar surface area (TPSA) is 67.9 Å². The van der Waals surface area contributed by atoms with Crippen molar-refractivity contribution < 1.29 is 19.1 Å². The van der Waals surface area contributed by atoms with E-state index >= 15 is 0 Å². The van der Waals surface area contributed by atoms with Crippen LogP contribution < -0.4 is 10.1 Å². The van der Waals surface area contributed by atoms with Crippen molar-refractivity contribution in [2.45, 2.75) is 57.1 Å². The van der Waals surface area contributed by atoms with Crippen LogP contribution in [0.25, 0.3) is 0 Å². The predicted molar refractivity (Wildman–Crippen MR) is 108 cm³/mol. The number of amides is 2. The molecular weight excluding hydrogens is 403 g/mol. The van der Waals surface area contributed by atoms with E-state index in [2.05, 4.69) is 5.32 Å². The molecule has 0 bridgehead atoms. The number of rotatable bonds is 2. The molecular formula is C20H26Cl2N2O4. The number of halogens is 2. The van der Waals surface area contributed by atoms with Crippen molar-refractivity contribution in [3.8, 4) is 5.75 Å². The van der Waals surface area contributed by atoms with Crippen LogP contribution in [0.15, 0.2) is 12.1 Å². The second-order valence-corrected chi connectivity index (χ2v) is 9.12. The molecule has 6 nitrogen and oxygen atoms in total. The van der Waals surface area contributed by atoms with Crippen molar-refractivity contribution >= 4 is 35.2 Å². The molecule has 2 unspecified atom stereocenters. The van der Waals surface area contributed by atoms with Crippen LogP contribution in [0, 0.1) is 0 Å². The molecule has 154 valence electrons. The van der Waals surface area contributed by atoms with E-state index in [-0.39, 0.29) is 11.8 Å². The maximum atomic E-state index is 12.9. The number of nitrogens with one attached hydrogen (secondary N) is 1. The van der Waals surface area contributed by atoms with Crippen molar-refractivity contribution in [3.05, 3.63) is 27.7 Å². The van der Waals surface area contributed by atoms with E-state index in [9.17, 15) is 9.59 Å². The summed E-state index contributed by atoms with van der Waals surface area (Å²) in [4.78, 5) is 27.3. The van der Waals surface area contributed by atoms with E-state index in [1.54, 1.807) is 24.1 Å². The van der Waals surface area contributed by atoms with Gasteiger partial charge in [0, 0.05) is 18.7 Å². The first-order valence-electron chi connectivity index (χ1n) is 9.40. The van der Waals surface area contributed by atoms with Gasteiger partial charge in [-0.3, -0.25) is 9.69 Å². The summed E-state index contributed by atoms with van der Waals surface area (Å²) in [5.41, 5.74) is -0.800. The van der Waals surface area contributed by atoms with Gasteiger partial charge >= 0.3 is 6.09 Å². The Labute approximate surface area is 175 Å². The van der Waals surface area contributed by atoms with Crippen LogP contribution in [-0.2, 0) is 9.53 Å². The third kappa shape index (κ3) is 3.77. The molecule has 1 spiro atoms. The zero-order chi connectivity index (χ0) is 20.7. The van der Waals surface area contributed by atoms with Gasteiger partial charge in [-0.2, -0.15) is 0 Å². The van der Waals surface area contributed by atoms with Crippen molar-refractivity contribution in [1.29, 1.82) is 0 Å². The van der Waals surface area contributed by atoms with Gasteiger partial charge in [0.15, 0.2) is 0 Å². The highest BCUT2D eigenvalue weighted by atomic mass is 35.5. The van der Waals surface area contributed by atoms with E-state index in [1.165, 1.54) is 0 Å². The minimum absolute atomic E-state index is 0.0660. The maximum Gasteiger partial charge on any atom is 0.411 e. The molecule has 1 aromatic rings. The van der Waals surface area contributed by atoms with E-state index in [0.717, 1.165) is 5.56 Å². The Hall–Kier alpha value is -1.66. The summed E-state index contributed by atoms with van der Waals surface area (Å²) in [6, 6.07) is 3.48. The van der Waals surface area contributed by atoms with Crippen LogP contribution in [0.2, 0.25) is 10.0 Å². The molecule has 2 amide bonds. The summed E-state index contributed by atoms with van der Waals surface area (Å²) in [5, 5.41) is 3.75. The fourth-order valence-corrected chi connectivity index (χ4v) is 4.64. The third-order valence-electron chi connectivity index (χ3n) is 5.38. The van der Waals surface area contributed by atoms with E-state index in [4.69, 9.17) is 32.7 Å². The van der Waals surface area contributed by atoms with Gasteiger partial charge in [-0.05, 0) is 58.1 Å². The quantitative estimate of drug-likeness (QED) is 0.758. The minimum atomic E-state index is -0.956. The number of methoxy groups -OCH3 is 1. The summed E-state index contributed by atoms with van der Waals surface area (Å²) in [5.74, 6) is 0.419. The van der Waals surface area contributed by atoms with Crippen molar-refractivity contribution in [2.75, 3.05) is 20.2 Å². The third-order valence-corrected chi connectivity index (χ3v) is 6.20. The number of benzene rings is 1. The second kappa shape index (κ2) is 7.64. The average Bonchev–Trinajstić information content (AvgIpc) is 2.96. The monoisotopic (exact) mass is 428 g/mol. The van der Waals surface area contributed by atoms with Crippen molar-refractivity contribution in [2.24, 2.45) is 0 Å². The van der Waals surface area contributed by atoms with Gasteiger partial charge in [0.05, 0.1) is 17.2 Å². The Morgan fingerprint density at radius 2 is 2.04 bits per heavy atom. The zero-order valence-corrected chi connectivity index (χ0v) is 18.1. The van der Waals surface area contributed by atoms with Crippen LogP contribution >= 0.6 is 23.2 Å². The molecule has 0 aromatic heterocycles. The fraction of sp³-hybridized carbons (Fsp3) is 0.600. The molecule has 2 atom stereocenters. The van der Waals surface area contributed by atoms with E-state index in [0.29, 0.717) is 48.1 Å². The Bertz CT molecular complexity index is 793. The van der Waals surface area contributed by atoms with Crippen LogP contribution in [0.5, 0.6) is 5.75 Å². The summed E-state index contributed by atoms with van der Waals surface area (Å²) < 4.78 is 11.1. The Kier molecular flexibility index (Phi) is 5.74. The molecule has 0 saturated carbocycles. The number of ether oxygens (including phenoxy) is 2. The van der Waals surface area contributed by atoms with Crippen LogP contribution in [0.1, 0.15) is 51.5 Å². The first kappa shape index (κ1) is 21.1. The molecule has 2 aliphatic rings. The Morgan fingerprint density at radius 1 is 1.32 bits per heavy atom. The molecule has 2 heterocycles. The number of hydrogen-bond acceptors (Lipinski definition) is 4. The van der Waals surface area contributed by atoms with Crippen LogP contribution in [0.3, 0.4) is 0 Å². The second-order valence-electron chi connectivity index (χ2n) is 8.34. The first-order chi connectivity index (χ1) is 13.1. The number of likely N-dealkylation sites (tertiary alicyclic amines) is 1. The van der Waals surface area contributed by atoms with Gasteiger partial charge in [-0.1, -0.05) is 23.2 Å². The molecule has 0 radical (unpaired) electrons. The summed E-state index contributed by atoms with van der Waals surface area (Å²) in [7, 11) is 1.58. The number of piperidine rings is 1. The molecule has 28 heavy (non-hydrogen) atoms. The van der Waals surface area contributed by atoms with Crippen molar-refractivity contribution in [1.82, 2.24) is 10.2 Å². The molecule has 2 saturated heterocycles. The summed E-state index contributed by atoms with van der Waals surface area (Å²) in [6.07, 6.45) is 1.13. The standard InChI is InChI=1S/C20H26Cl2N2O4/c1-19(2,3)28-18(26)24-10-7-12(11-20(24)8-9-23-17(20)25)15-14(27-4)6-5-13(21)16(15)22/h5-6,12H,7-11H2,1-4H3,(H,23,25). The van der Waals surface area contributed by atoms with Gasteiger partial charge < -0.3 is 14.8 Å². The lowest BCUT2D eigenvalue weighted by atomic mass is 9.76. The molecule has 2 fully saturated rings. The van der Waals surface area contributed by atoms with Gasteiger partial charge in [0.2, 0.25) is 5.91 Å². The number of hydrogen-bond donors (Lipinski definition) is 1. The molecule has 0 aliphatic carbocycles. The van der Waals surface area contributed by atoms with Gasteiger partial charge in [-0.25, -0.2) is 4.79 Å². The summed E-state index contributed by atoms with van der Waals surface area (Å²) in [6.45, 7) is 6.35. The van der Waals surface area contributed by atoms with Crippen LogP contribution in [0.4, 0.5) is 4.79 Å². The van der Waals surface area contributed by atoms with E-state index < -0.39 is 17.2 Å². The lowest BCUT2D eigenvalue weighted by Gasteiger charge is -2.46. The van der Waals surface area contributed by atoms with Gasteiger partial charge in [0.25, 0.3) is 0 Å². The van der Waals surface area contributed by atoms with Gasteiger partial charge in [0.1, 0.15) is 16.9 Å². The normalized spacial score (nSPS) is 25.0. The predicted octanol–water partition coefficient (Wildman–Crippen LogP) is 4.38. The number of carbonyl (C=O) groups excluding carboxylic acids is 2. The fourth-order valence-electron chi connectivity index (χ4n) is 4.17. The Morgan fingerprint density at radius 3 is 2.61 bits per heavy atom. The van der Waals surface area contributed by atoms with Crippen molar-refractivity contribution in [3.63, 3.8) is 0 Å². The molecule has 8 heteroatoms. The zero-order valence-electron chi connectivity index (χ0n) is 16.6. The smallest absolute Gasteiger partial charge is 0.411 e. The summed E-state index contributed by atoms with van der Waals surface area (Å²) >= 11 is 12.8. The lowest BCUT2D eigenvalue weighted by Crippen LogP contribution is -2.60. The highest BCUT2D eigenvalue weighted by Gasteiger charge is 2.54. The molecule has 1 aromatic carbocycles. The number of carbonyl (C=O) groups is 2. The molecule has 3 rings (SSSR count). The maximum absolute atomic E-state index is 12.9. The highest BCUT2D eigenvalue weighted by molar-refractivity contribution is 6.42. The lowest BCUT2D eigenvalue weighted by molar-refractivity contribution is -0.132. The van der Waals surface area contributed by atoms with Crippen LogP contribution in [-0.4, -0.2) is 48.2 Å². The van der Waals surface area contributed by atoms with E-state index in [1.807, 2.05) is 20.8 Å². The highest BCUT2D eigenvalue weighted by Crippen LogP contribution is 2.48. The SMILES string of the molecule is COc1ccc(Cl)c(Cl)c1C1CCN(C(=O)OC(C)(C)C)C2(CCNC2=O)C1. The minimum Gasteiger partial charge on any atom is -0.496 e. The number of nitrogens with zero attached hydrogens (tertiary/aromatic N) is 1. The molecule has 1 N–H and O–H groups in total.